The highest BCUT2D eigenvalue weighted by atomic mass is 16.2. The van der Waals surface area contributed by atoms with E-state index < -0.39 is 0 Å². The van der Waals surface area contributed by atoms with E-state index in [1.165, 1.54) is 22.3 Å². The quantitative estimate of drug-likeness (QED) is 0.443. The molecular formula is C27H32N2O. The normalized spacial score (nSPS) is 13.2. The lowest BCUT2D eigenvalue weighted by atomic mass is 9.91. The second kappa shape index (κ2) is 7.86. The smallest absolute Gasteiger partial charge is 0.259 e. The molecular weight excluding hydrogens is 368 g/mol. The van der Waals surface area contributed by atoms with Crippen molar-refractivity contribution in [2.75, 3.05) is 4.90 Å². The molecule has 0 unspecified atom stereocenters. The Hall–Kier alpha value is -2.68. The van der Waals surface area contributed by atoms with Crippen LogP contribution >= 0.6 is 0 Å². The predicted octanol–water partition coefficient (Wildman–Crippen LogP) is 7.06. The van der Waals surface area contributed by atoms with E-state index in [1.54, 1.807) is 0 Å². The predicted molar refractivity (Wildman–Crippen MR) is 127 cm³/mol. The van der Waals surface area contributed by atoms with Crippen molar-refractivity contribution >= 4 is 22.5 Å². The minimum atomic E-state index is 0.137. The maximum atomic E-state index is 13.5. The second-order valence-electron chi connectivity index (χ2n) is 8.85. The first-order valence-electron chi connectivity index (χ1n) is 11.2. The zero-order valence-corrected chi connectivity index (χ0v) is 19.1. The van der Waals surface area contributed by atoms with Gasteiger partial charge in [0.1, 0.15) is 0 Å². The van der Waals surface area contributed by atoms with Crippen molar-refractivity contribution < 1.29 is 4.79 Å². The SMILES string of the molecule is CCCC(CCC)N1C(=O)c2ccc(-c3c(C)cc(C)cc3C)c3nc(C)cc1c23. The van der Waals surface area contributed by atoms with Gasteiger partial charge in [-0.3, -0.25) is 9.78 Å². The molecule has 0 spiro atoms. The van der Waals surface area contributed by atoms with Crippen LogP contribution in [0.15, 0.2) is 30.3 Å². The molecule has 156 valence electrons. The minimum absolute atomic E-state index is 0.137. The number of aryl methyl sites for hydroxylation is 4. The van der Waals surface area contributed by atoms with Crippen LogP contribution in [0, 0.1) is 27.7 Å². The highest BCUT2D eigenvalue weighted by Gasteiger charge is 2.35. The van der Waals surface area contributed by atoms with E-state index in [0.717, 1.165) is 59.1 Å². The fourth-order valence-corrected chi connectivity index (χ4v) is 5.29. The molecule has 0 saturated carbocycles. The molecule has 0 saturated heterocycles. The molecule has 2 aromatic carbocycles. The van der Waals surface area contributed by atoms with Crippen LogP contribution in [0.2, 0.25) is 0 Å². The van der Waals surface area contributed by atoms with Gasteiger partial charge in [-0.1, -0.05) is 50.5 Å². The average molecular weight is 401 g/mol. The van der Waals surface area contributed by atoms with Gasteiger partial charge in [0.2, 0.25) is 0 Å². The first-order chi connectivity index (χ1) is 14.4. The van der Waals surface area contributed by atoms with Gasteiger partial charge in [0.05, 0.1) is 16.8 Å². The van der Waals surface area contributed by atoms with E-state index >= 15 is 0 Å². The van der Waals surface area contributed by atoms with Crippen LogP contribution in [0.5, 0.6) is 0 Å². The van der Waals surface area contributed by atoms with Crippen molar-refractivity contribution in [1.82, 2.24) is 4.98 Å². The summed E-state index contributed by atoms with van der Waals surface area (Å²) in [4.78, 5) is 20.5. The molecule has 0 atom stereocenters. The third-order valence-corrected chi connectivity index (χ3v) is 6.33. The van der Waals surface area contributed by atoms with Crippen molar-refractivity contribution in [1.29, 1.82) is 0 Å². The number of hydrogen-bond donors (Lipinski definition) is 0. The Bertz CT molecular complexity index is 1120. The number of carbonyl (C=O) groups is 1. The van der Waals surface area contributed by atoms with Crippen LogP contribution in [0.3, 0.4) is 0 Å². The number of nitrogens with zero attached hydrogens (tertiary/aromatic N) is 2. The largest absolute Gasteiger partial charge is 0.305 e. The van der Waals surface area contributed by atoms with Gasteiger partial charge in [-0.15, -0.1) is 0 Å². The Morgan fingerprint density at radius 2 is 1.50 bits per heavy atom. The number of carbonyl (C=O) groups excluding carboxylic acids is 1. The summed E-state index contributed by atoms with van der Waals surface area (Å²) in [5.41, 5.74) is 9.92. The third kappa shape index (κ3) is 3.21. The molecule has 1 aliphatic heterocycles. The fraction of sp³-hybridized carbons (Fsp3) is 0.407. The van der Waals surface area contributed by atoms with Gasteiger partial charge in [0, 0.05) is 22.7 Å². The van der Waals surface area contributed by atoms with Gasteiger partial charge >= 0.3 is 0 Å². The zero-order chi connectivity index (χ0) is 21.6. The highest BCUT2D eigenvalue weighted by molar-refractivity contribution is 6.26. The number of amides is 1. The van der Waals surface area contributed by atoms with E-state index in [-0.39, 0.29) is 11.9 Å². The molecule has 3 heteroatoms. The summed E-state index contributed by atoms with van der Waals surface area (Å²) < 4.78 is 0. The Balaban J connectivity index is 1.99. The van der Waals surface area contributed by atoms with Crippen LogP contribution in [0.4, 0.5) is 5.69 Å². The van der Waals surface area contributed by atoms with Gasteiger partial charge < -0.3 is 4.90 Å². The monoisotopic (exact) mass is 400 g/mol. The molecule has 0 fully saturated rings. The molecule has 2 heterocycles. The van der Waals surface area contributed by atoms with Crippen molar-refractivity contribution in [2.24, 2.45) is 0 Å². The lowest BCUT2D eigenvalue weighted by Crippen LogP contribution is -2.37. The zero-order valence-electron chi connectivity index (χ0n) is 19.1. The number of hydrogen-bond acceptors (Lipinski definition) is 2. The first kappa shape index (κ1) is 20.6. The summed E-state index contributed by atoms with van der Waals surface area (Å²) in [6.07, 6.45) is 4.20. The number of benzene rings is 2. The summed E-state index contributed by atoms with van der Waals surface area (Å²) in [6, 6.07) is 10.9. The average Bonchev–Trinajstić information content (AvgIpc) is 2.95. The molecule has 1 aromatic heterocycles. The summed E-state index contributed by atoms with van der Waals surface area (Å²) >= 11 is 0. The van der Waals surface area contributed by atoms with Crippen LogP contribution in [0.1, 0.15) is 72.3 Å². The standard InChI is InChI=1S/C27H32N2O/c1-7-9-20(10-8-2)29-23-15-19(6)28-26-21(11-12-22(25(23)26)27(29)30)24-17(4)13-16(3)14-18(24)5/h11-15,20H,7-10H2,1-6H3. The van der Waals surface area contributed by atoms with Gasteiger partial charge in [0.15, 0.2) is 0 Å². The topological polar surface area (TPSA) is 33.2 Å². The van der Waals surface area contributed by atoms with Crippen molar-refractivity contribution in [3.63, 3.8) is 0 Å². The van der Waals surface area contributed by atoms with E-state index in [4.69, 9.17) is 4.98 Å². The Morgan fingerprint density at radius 3 is 2.10 bits per heavy atom. The van der Waals surface area contributed by atoms with Crippen molar-refractivity contribution in [3.8, 4) is 11.1 Å². The molecule has 3 nitrogen and oxygen atoms in total. The van der Waals surface area contributed by atoms with Gasteiger partial charge in [-0.25, -0.2) is 0 Å². The lowest BCUT2D eigenvalue weighted by molar-refractivity contribution is 0.0980. The number of aromatic nitrogens is 1. The molecule has 1 amide bonds. The maximum absolute atomic E-state index is 13.5. The molecule has 3 aromatic rings. The summed E-state index contributed by atoms with van der Waals surface area (Å²) in [7, 11) is 0. The van der Waals surface area contributed by atoms with E-state index in [1.807, 2.05) is 13.0 Å². The first-order valence-corrected chi connectivity index (χ1v) is 11.2. The fourth-order valence-electron chi connectivity index (χ4n) is 5.29. The Morgan fingerprint density at radius 1 is 0.900 bits per heavy atom. The van der Waals surface area contributed by atoms with Crippen molar-refractivity contribution in [3.05, 3.63) is 58.3 Å². The van der Waals surface area contributed by atoms with Gasteiger partial charge in [0.25, 0.3) is 5.91 Å². The molecule has 0 radical (unpaired) electrons. The number of pyridine rings is 1. The van der Waals surface area contributed by atoms with E-state index in [0.29, 0.717) is 0 Å². The van der Waals surface area contributed by atoms with Gasteiger partial charge in [-0.05, 0) is 69.4 Å². The van der Waals surface area contributed by atoms with Gasteiger partial charge in [-0.2, -0.15) is 0 Å². The minimum Gasteiger partial charge on any atom is -0.305 e. The second-order valence-corrected chi connectivity index (χ2v) is 8.85. The molecule has 0 bridgehead atoms. The maximum Gasteiger partial charge on any atom is 0.259 e. The summed E-state index contributed by atoms with van der Waals surface area (Å²) in [5.74, 6) is 0.137. The van der Waals surface area contributed by atoms with Crippen LogP contribution in [-0.2, 0) is 0 Å². The third-order valence-electron chi connectivity index (χ3n) is 6.33. The molecule has 0 aliphatic carbocycles. The molecule has 4 rings (SSSR count). The van der Waals surface area contributed by atoms with Crippen LogP contribution < -0.4 is 4.90 Å². The molecule has 30 heavy (non-hydrogen) atoms. The van der Waals surface area contributed by atoms with Crippen LogP contribution in [-0.4, -0.2) is 16.9 Å². The lowest BCUT2D eigenvalue weighted by Gasteiger charge is -2.28. The van der Waals surface area contributed by atoms with Crippen LogP contribution in [0.25, 0.3) is 22.0 Å². The summed E-state index contributed by atoms with van der Waals surface area (Å²) in [5, 5.41) is 1.03. The molecule has 1 aliphatic rings. The number of anilines is 1. The van der Waals surface area contributed by atoms with E-state index in [9.17, 15) is 4.79 Å². The highest BCUT2D eigenvalue weighted by Crippen LogP contribution is 2.44. The van der Waals surface area contributed by atoms with Crippen molar-refractivity contribution in [2.45, 2.75) is 73.3 Å². The Kier molecular flexibility index (Phi) is 5.40. The Labute approximate surface area is 180 Å². The number of rotatable bonds is 6. The molecule has 0 N–H and O–H groups in total. The summed E-state index contributed by atoms with van der Waals surface area (Å²) in [6.45, 7) is 12.9. The van der Waals surface area contributed by atoms with E-state index in [2.05, 4.69) is 63.8 Å².